The third-order valence-corrected chi connectivity index (χ3v) is 11.1. The Kier molecular flexibility index (Phi) is 7.57. The summed E-state index contributed by atoms with van der Waals surface area (Å²) in [6.07, 6.45) is 4.98. The first kappa shape index (κ1) is 27.2. The van der Waals surface area contributed by atoms with Crippen LogP contribution in [0, 0.1) is 5.92 Å². The molecule has 0 spiro atoms. The van der Waals surface area contributed by atoms with E-state index in [0.717, 1.165) is 38.8 Å². The monoisotopic (exact) mass is 553 g/mol. The van der Waals surface area contributed by atoms with Gasteiger partial charge < -0.3 is 14.4 Å². The number of carbonyl (C=O) groups is 1. The second kappa shape index (κ2) is 10.3. The van der Waals surface area contributed by atoms with Crippen molar-refractivity contribution in [1.82, 2.24) is 14.1 Å². The molecule has 10 heteroatoms. The highest BCUT2D eigenvalue weighted by molar-refractivity contribution is 7.89. The first-order chi connectivity index (χ1) is 17.6. The maximum atomic E-state index is 14.0. The molecule has 4 aliphatic rings. The molecule has 2 saturated heterocycles. The van der Waals surface area contributed by atoms with Crippen molar-refractivity contribution in [2.24, 2.45) is 5.92 Å². The molecule has 1 aromatic rings. The molecule has 206 valence electrons. The van der Waals surface area contributed by atoms with Gasteiger partial charge in [-0.05, 0) is 69.7 Å². The van der Waals surface area contributed by atoms with E-state index in [1.165, 1.54) is 0 Å². The minimum Gasteiger partial charge on any atom is -0.441 e. The van der Waals surface area contributed by atoms with Gasteiger partial charge in [0.2, 0.25) is 10.0 Å². The van der Waals surface area contributed by atoms with E-state index in [2.05, 4.69) is 25.7 Å². The smallest absolute Gasteiger partial charge is 0.410 e. The fourth-order valence-electron chi connectivity index (χ4n) is 5.69. The molecule has 2 aliphatic heterocycles. The van der Waals surface area contributed by atoms with Crippen molar-refractivity contribution in [1.29, 1.82) is 0 Å². The predicted molar refractivity (Wildman–Crippen MR) is 142 cm³/mol. The van der Waals surface area contributed by atoms with Crippen LogP contribution in [-0.2, 0) is 19.5 Å². The van der Waals surface area contributed by atoms with Crippen LogP contribution in [0.5, 0.6) is 0 Å². The summed E-state index contributed by atoms with van der Waals surface area (Å²) in [5.41, 5.74) is -0.751. The van der Waals surface area contributed by atoms with Gasteiger partial charge in [0.15, 0.2) is 0 Å². The summed E-state index contributed by atoms with van der Waals surface area (Å²) < 4.78 is 41.8. The van der Waals surface area contributed by atoms with Crippen LogP contribution >= 0.6 is 11.6 Å². The number of halogens is 1. The zero-order valence-electron chi connectivity index (χ0n) is 22.2. The SMILES string of the molecule is CCC(C)(C)N1CCN(C(=O)OC2([C@H]3COC[C@@H](CC4CC4)N3S(=O)(=O)c3ccc(Cl)cc3)CC2)CC1. The first-order valence-corrected chi connectivity index (χ1v) is 15.5. The number of hydrogen-bond donors (Lipinski definition) is 0. The molecule has 2 saturated carbocycles. The van der Waals surface area contributed by atoms with Gasteiger partial charge >= 0.3 is 6.09 Å². The third-order valence-electron chi connectivity index (χ3n) is 8.84. The molecule has 37 heavy (non-hydrogen) atoms. The van der Waals surface area contributed by atoms with Gasteiger partial charge in [0.05, 0.1) is 24.2 Å². The molecule has 5 rings (SSSR count). The fraction of sp³-hybridized carbons (Fsp3) is 0.741. The lowest BCUT2D eigenvalue weighted by Gasteiger charge is -2.45. The highest BCUT2D eigenvalue weighted by atomic mass is 35.5. The second-order valence-corrected chi connectivity index (χ2v) is 14.0. The Labute approximate surface area is 226 Å². The summed E-state index contributed by atoms with van der Waals surface area (Å²) >= 11 is 6.04. The van der Waals surface area contributed by atoms with Crippen molar-refractivity contribution in [3.63, 3.8) is 0 Å². The first-order valence-electron chi connectivity index (χ1n) is 13.7. The number of sulfonamides is 1. The maximum absolute atomic E-state index is 14.0. The summed E-state index contributed by atoms with van der Waals surface area (Å²) in [6, 6.07) is 5.50. The molecule has 4 fully saturated rings. The number of morpholine rings is 1. The second-order valence-electron chi connectivity index (χ2n) is 11.7. The number of piperazine rings is 1. The number of hydrogen-bond acceptors (Lipinski definition) is 6. The summed E-state index contributed by atoms with van der Waals surface area (Å²) in [7, 11) is -3.84. The lowest BCUT2D eigenvalue weighted by molar-refractivity contribution is -0.0757. The third kappa shape index (κ3) is 5.66. The van der Waals surface area contributed by atoms with Gasteiger partial charge in [0.1, 0.15) is 5.60 Å². The minimum absolute atomic E-state index is 0.0975. The lowest BCUT2D eigenvalue weighted by Crippen LogP contribution is -2.61. The molecule has 0 N–H and O–H groups in total. The molecule has 1 aromatic carbocycles. The Hall–Kier alpha value is -1.39. The predicted octanol–water partition coefficient (Wildman–Crippen LogP) is 4.37. The van der Waals surface area contributed by atoms with Crippen LogP contribution in [0.2, 0.25) is 5.02 Å². The van der Waals surface area contributed by atoms with E-state index >= 15 is 0 Å². The van der Waals surface area contributed by atoms with Crippen molar-refractivity contribution in [3.05, 3.63) is 29.3 Å². The number of nitrogens with zero attached hydrogens (tertiary/aromatic N) is 3. The number of ether oxygens (including phenoxy) is 2. The van der Waals surface area contributed by atoms with Crippen LogP contribution in [-0.4, -0.2) is 91.2 Å². The largest absolute Gasteiger partial charge is 0.441 e. The molecule has 2 heterocycles. The Morgan fingerprint density at radius 1 is 1.11 bits per heavy atom. The van der Waals surface area contributed by atoms with Crippen molar-refractivity contribution in [3.8, 4) is 0 Å². The van der Waals surface area contributed by atoms with Crippen LogP contribution in [0.4, 0.5) is 4.79 Å². The van der Waals surface area contributed by atoms with Crippen molar-refractivity contribution in [2.75, 3.05) is 39.4 Å². The van der Waals surface area contributed by atoms with Gasteiger partial charge in [-0.25, -0.2) is 13.2 Å². The molecule has 0 bridgehead atoms. The number of carbonyl (C=O) groups excluding carboxylic acids is 1. The average Bonchev–Trinajstić information content (AvgIpc) is 3.82. The molecular weight excluding hydrogens is 514 g/mol. The van der Waals surface area contributed by atoms with Gasteiger partial charge in [0.25, 0.3) is 0 Å². The summed E-state index contributed by atoms with van der Waals surface area (Å²) in [4.78, 5) is 17.7. The van der Waals surface area contributed by atoms with Crippen molar-refractivity contribution < 1.29 is 22.7 Å². The number of benzene rings is 1. The van der Waals surface area contributed by atoms with Crippen LogP contribution in [0.15, 0.2) is 29.2 Å². The van der Waals surface area contributed by atoms with Gasteiger partial charge in [0, 0.05) is 42.8 Å². The zero-order valence-corrected chi connectivity index (χ0v) is 23.8. The maximum Gasteiger partial charge on any atom is 0.410 e. The normalized spacial score (nSPS) is 27.2. The van der Waals surface area contributed by atoms with E-state index in [0.29, 0.717) is 43.5 Å². The van der Waals surface area contributed by atoms with Crippen molar-refractivity contribution >= 4 is 27.7 Å². The highest BCUT2D eigenvalue weighted by Crippen LogP contribution is 2.49. The van der Waals surface area contributed by atoms with E-state index in [9.17, 15) is 13.2 Å². The molecule has 2 atom stereocenters. The van der Waals surface area contributed by atoms with Crippen LogP contribution in [0.3, 0.4) is 0 Å². The van der Waals surface area contributed by atoms with E-state index in [4.69, 9.17) is 21.1 Å². The quantitative estimate of drug-likeness (QED) is 0.475. The van der Waals surface area contributed by atoms with Crippen LogP contribution < -0.4 is 0 Å². The summed E-state index contributed by atoms with van der Waals surface area (Å²) in [6.45, 7) is 10.1. The standard InChI is InChI=1S/C27H40ClN3O5S/c1-4-26(2,3)30-15-13-29(14-16-30)25(32)36-27(11-12-27)24-19-35-18-22(17-20-5-6-20)31(24)37(33,34)23-9-7-21(28)8-10-23/h7-10,20,22,24H,4-6,11-19H2,1-3H3/t22-,24-/m1/s1. The summed E-state index contributed by atoms with van der Waals surface area (Å²) in [5.74, 6) is 0.525. The van der Waals surface area contributed by atoms with Crippen LogP contribution in [0.25, 0.3) is 0 Å². The van der Waals surface area contributed by atoms with E-state index in [1.807, 2.05) is 0 Å². The van der Waals surface area contributed by atoms with E-state index in [1.54, 1.807) is 33.5 Å². The molecule has 0 unspecified atom stereocenters. The topological polar surface area (TPSA) is 79.4 Å². The Morgan fingerprint density at radius 2 is 1.76 bits per heavy atom. The van der Waals surface area contributed by atoms with Gasteiger partial charge in [-0.1, -0.05) is 31.4 Å². The lowest BCUT2D eigenvalue weighted by atomic mass is 9.98. The average molecular weight is 554 g/mol. The summed E-state index contributed by atoms with van der Waals surface area (Å²) in [5, 5.41) is 0.488. The Bertz CT molecular complexity index is 1080. The Balaban J connectivity index is 1.34. The minimum atomic E-state index is -3.84. The van der Waals surface area contributed by atoms with Crippen molar-refractivity contribution in [2.45, 2.75) is 87.4 Å². The molecule has 0 aromatic heterocycles. The van der Waals surface area contributed by atoms with E-state index < -0.39 is 21.7 Å². The molecule has 0 radical (unpaired) electrons. The van der Waals surface area contributed by atoms with Gasteiger partial charge in [-0.2, -0.15) is 4.31 Å². The molecule has 1 amide bonds. The fourth-order valence-corrected chi connectivity index (χ4v) is 7.66. The molecule has 8 nitrogen and oxygen atoms in total. The number of amides is 1. The van der Waals surface area contributed by atoms with Gasteiger partial charge in [-0.3, -0.25) is 4.90 Å². The zero-order chi connectivity index (χ0) is 26.4. The molecule has 2 aliphatic carbocycles. The Morgan fingerprint density at radius 3 is 2.32 bits per heavy atom. The number of rotatable bonds is 8. The van der Waals surface area contributed by atoms with Gasteiger partial charge in [-0.15, -0.1) is 0 Å². The van der Waals surface area contributed by atoms with E-state index in [-0.39, 0.29) is 29.2 Å². The molecular formula is C27H40ClN3O5S. The highest BCUT2D eigenvalue weighted by Gasteiger charge is 2.60. The van der Waals surface area contributed by atoms with Crippen LogP contribution in [0.1, 0.15) is 59.3 Å².